The van der Waals surface area contributed by atoms with Crippen molar-refractivity contribution >= 4 is 27.3 Å². The van der Waals surface area contributed by atoms with Crippen molar-refractivity contribution in [2.24, 2.45) is 5.73 Å². The lowest BCUT2D eigenvalue weighted by Gasteiger charge is -2.29. The van der Waals surface area contributed by atoms with Gasteiger partial charge < -0.3 is 10.5 Å². The fourth-order valence-corrected chi connectivity index (χ4v) is 3.36. The Bertz CT molecular complexity index is 584. The second-order valence-electron chi connectivity index (χ2n) is 4.46. The van der Waals surface area contributed by atoms with E-state index in [1.165, 1.54) is 0 Å². The summed E-state index contributed by atoms with van der Waals surface area (Å²) < 4.78 is 7.04. The summed E-state index contributed by atoms with van der Waals surface area (Å²) in [6, 6.07) is 5.97. The number of thiazole rings is 1. The zero-order valence-electron chi connectivity index (χ0n) is 9.89. The van der Waals surface area contributed by atoms with Crippen molar-refractivity contribution < 1.29 is 4.74 Å². The maximum absolute atomic E-state index is 6.23. The summed E-state index contributed by atoms with van der Waals surface area (Å²) in [5.41, 5.74) is 8.33. The van der Waals surface area contributed by atoms with Gasteiger partial charge in [0.2, 0.25) is 0 Å². The molecule has 0 fully saturated rings. The Morgan fingerprint density at radius 2 is 2.33 bits per heavy atom. The molecule has 0 saturated carbocycles. The van der Waals surface area contributed by atoms with Gasteiger partial charge in [-0.2, -0.15) is 0 Å². The van der Waals surface area contributed by atoms with E-state index < -0.39 is 0 Å². The number of fused-ring (bicyclic) bond motifs is 1. The van der Waals surface area contributed by atoms with Crippen LogP contribution in [-0.4, -0.2) is 4.98 Å². The first kappa shape index (κ1) is 12.1. The van der Waals surface area contributed by atoms with E-state index >= 15 is 0 Å². The monoisotopic (exact) mass is 324 g/mol. The molecule has 0 bridgehead atoms. The minimum absolute atomic E-state index is 0.000422. The van der Waals surface area contributed by atoms with Crippen molar-refractivity contribution in [3.63, 3.8) is 0 Å². The summed E-state index contributed by atoms with van der Waals surface area (Å²) in [5, 5.41) is 3.05. The number of ether oxygens (including phenoxy) is 1. The lowest BCUT2D eigenvalue weighted by molar-refractivity contribution is 0.161. The molecule has 94 valence electrons. The maximum Gasteiger partial charge on any atom is 0.152 e. The zero-order valence-corrected chi connectivity index (χ0v) is 12.3. The predicted molar refractivity (Wildman–Crippen MR) is 75.9 cm³/mol. The van der Waals surface area contributed by atoms with Gasteiger partial charge in [-0.05, 0) is 25.1 Å². The second kappa shape index (κ2) is 4.64. The highest BCUT2D eigenvalue weighted by atomic mass is 79.9. The fraction of sp³-hybridized carbons (Fsp3) is 0.308. The largest absolute Gasteiger partial charge is 0.483 e. The summed E-state index contributed by atoms with van der Waals surface area (Å²) in [7, 11) is 0. The van der Waals surface area contributed by atoms with Gasteiger partial charge in [0.25, 0.3) is 0 Å². The average Bonchev–Trinajstić information content (AvgIpc) is 2.77. The molecule has 2 heterocycles. The molecular weight excluding hydrogens is 312 g/mol. The van der Waals surface area contributed by atoms with Crippen LogP contribution < -0.4 is 10.5 Å². The summed E-state index contributed by atoms with van der Waals surface area (Å²) in [6.45, 7) is 1.99. The number of aryl methyl sites for hydroxylation is 1. The van der Waals surface area contributed by atoms with E-state index in [1.807, 2.05) is 30.5 Å². The molecule has 1 aromatic heterocycles. The molecule has 0 aliphatic carbocycles. The Kier molecular flexibility index (Phi) is 3.13. The molecule has 2 atom stereocenters. The summed E-state index contributed by atoms with van der Waals surface area (Å²) in [4.78, 5) is 4.49. The molecule has 1 aliphatic heterocycles. The number of hydrogen-bond donors (Lipinski definition) is 1. The van der Waals surface area contributed by atoms with E-state index in [9.17, 15) is 0 Å². The molecule has 0 amide bonds. The Morgan fingerprint density at radius 1 is 1.50 bits per heavy atom. The van der Waals surface area contributed by atoms with Crippen molar-refractivity contribution in [3.05, 3.63) is 44.3 Å². The van der Waals surface area contributed by atoms with E-state index in [0.717, 1.165) is 32.9 Å². The Balaban J connectivity index is 1.94. The SMILES string of the molecule is Cc1csc(C2C[C@H](N)c3cc(Br)ccc3O2)n1. The van der Waals surface area contributed by atoms with Crippen LogP contribution in [-0.2, 0) is 0 Å². The van der Waals surface area contributed by atoms with Crippen molar-refractivity contribution in [3.8, 4) is 5.75 Å². The van der Waals surface area contributed by atoms with Gasteiger partial charge in [-0.25, -0.2) is 4.98 Å². The van der Waals surface area contributed by atoms with Gasteiger partial charge in [0, 0.05) is 33.6 Å². The predicted octanol–water partition coefficient (Wildman–Crippen LogP) is 3.74. The number of benzene rings is 1. The van der Waals surface area contributed by atoms with Gasteiger partial charge in [0.15, 0.2) is 6.10 Å². The third kappa shape index (κ3) is 2.18. The van der Waals surface area contributed by atoms with Gasteiger partial charge >= 0.3 is 0 Å². The first-order valence-electron chi connectivity index (χ1n) is 5.77. The van der Waals surface area contributed by atoms with Crippen LogP contribution in [0.25, 0.3) is 0 Å². The highest BCUT2D eigenvalue weighted by Crippen LogP contribution is 2.41. The van der Waals surface area contributed by atoms with Gasteiger partial charge in [-0.3, -0.25) is 0 Å². The molecule has 5 heteroatoms. The number of halogens is 1. The van der Waals surface area contributed by atoms with Crippen LogP contribution in [0.2, 0.25) is 0 Å². The van der Waals surface area contributed by atoms with E-state index in [2.05, 4.69) is 20.9 Å². The third-order valence-corrected chi connectivity index (χ3v) is 4.57. The molecule has 3 rings (SSSR count). The number of hydrogen-bond acceptors (Lipinski definition) is 4. The van der Waals surface area contributed by atoms with Crippen LogP contribution in [0.1, 0.15) is 34.8 Å². The second-order valence-corrected chi connectivity index (χ2v) is 6.26. The molecule has 0 saturated heterocycles. The van der Waals surface area contributed by atoms with E-state index in [0.29, 0.717) is 0 Å². The highest BCUT2D eigenvalue weighted by molar-refractivity contribution is 9.10. The quantitative estimate of drug-likeness (QED) is 0.869. The van der Waals surface area contributed by atoms with E-state index in [1.54, 1.807) is 11.3 Å². The third-order valence-electron chi connectivity index (χ3n) is 3.02. The van der Waals surface area contributed by atoms with Crippen molar-refractivity contribution in [2.45, 2.75) is 25.5 Å². The molecule has 18 heavy (non-hydrogen) atoms. The van der Waals surface area contributed by atoms with Gasteiger partial charge in [-0.1, -0.05) is 15.9 Å². The topological polar surface area (TPSA) is 48.1 Å². The molecule has 1 aliphatic rings. The average molecular weight is 325 g/mol. The normalized spacial score (nSPS) is 22.4. The first-order chi connectivity index (χ1) is 8.63. The standard InChI is InChI=1S/C13H13BrN2OS/c1-7-6-18-13(16-7)12-5-10(15)9-4-8(14)2-3-11(9)17-12/h2-4,6,10,12H,5,15H2,1H3/t10-,12?/m0/s1. The Hall–Kier alpha value is -0.910. The van der Waals surface area contributed by atoms with Crippen molar-refractivity contribution in [1.82, 2.24) is 4.98 Å². The van der Waals surface area contributed by atoms with Crippen molar-refractivity contribution in [1.29, 1.82) is 0 Å². The molecule has 0 radical (unpaired) electrons. The minimum atomic E-state index is -0.0209. The smallest absolute Gasteiger partial charge is 0.152 e. The lowest BCUT2D eigenvalue weighted by atomic mass is 9.97. The summed E-state index contributed by atoms with van der Waals surface area (Å²) >= 11 is 5.09. The Morgan fingerprint density at radius 3 is 3.06 bits per heavy atom. The number of rotatable bonds is 1. The van der Waals surface area contributed by atoms with Gasteiger partial charge in [-0.15, -0.1) is 11.3 Å². The van der Waals surface area contributed by atoms with E-state index in [4.69, 9.17) is 10.5 Å². The molecule has 1 unspecified atom stereocenters. The fourth-order valence-electron chi connectivity index (χ4n) is 2.15. The van der Waals surface area contributed by atoms with Gasteiger partial charge in [0.05, 0.1) is 0 Å². The van der Waals surface area contributed by atoms with Crippen LogP contribution in [0.15, 0.2) is 28.1 Å². The number of aromatic nitrogens is 1. The molecule has 2 N–H and O–H groups in total. The molecular formula is C13H13BrN2OS. The van der Waals surface area contributed by atoms with Gasteiger partial charge in [0.1, 0.15) is 10.8 Å². The lowest BCUT2D eigenvalue weighted by Crippen LogP contribution is -2.24. The van der Waals surface area contributed by atoms with Crippen LogP contribution in [0.3, 0.4) is 0 Å². The maximum atomic E-state index is 6.23. The summed E-state index contributed by atoms with van der Waals surface area (Å²) in [5.74, 6) is 0.870. The summed E-state index contributed by atoms with van der Waals surface area (Å²) in [6.07, 6.45) is 0.753. The van der Waals surface area contributed by atoms with Crippen LogP contribution in [0.4, 0.5) is 0 Å². The van der Waals surface area contributed by atoms with E-state index in [-0.39, 0.29) is 12.1 Å². The van der Waals surface area contributed by atoms with Crippen LogP contribution >= 0.6 is 27.3 Å². The highest BCUT2D eigenvalue weighted by Gasteiger charge is 2.28. The number of nitrogens with zero attached hydrogens (tertiary/aromatic N) is 1. The molecule has 3 nitrogen and oxygen atoms in total. The number of nitrogens with two attached hydrogens (primary N) is 1. The molecule has 1 aromatic carbocycles. The zero-order chi connectivity index (χ0) is 12.7. The molecule has 2 aromatic rings. The Labute approximate surface area is 118 Å². The minimum Gasteiger partial charge on any atom is -0.483 e. The van der Waals surface area contributed by atoms with Crippen LogP contribution in [0.5, 0.6) is 5.75 Å². The van der Waals surface area contributed by atoms with Crippen LogP contribution in [0, 0.1) is 6.92 Å². The van der Waals surface area contributed by atoms with Crippen molar-refractivity contribution in [2.75, 3.05) is 0 Å². The first-order valence-corrected chi connectivity index (χ1v) is 7.44. The molecule has 0 spiro atoms.